The van der Waals surface area contributed by atoms with Gasteiger partial charge in [0, 0.05) is 11.4 Å². The molecule has 22 heavy (non-hydrogen) atoms. The molecule has 0 aromatic heterocycles. The minimum atomic E-state index is -0.339. The lowest BCUT2D eigenvalue weighted by Crippen LogP contribution is -2.22. The molecule has 2 rings (SSSR count). The average molecular weight is 314 g/mol. The van der Waals surface area contributed by atoms with Crippen LogP contribution < -0.4 is 5.32 Å². The Kier molecular flexibility index (Phi) is 5.56. The van der Waals surface area contributed by atoms with Crippen LogP contribution in [0.15, 0.2) is 48.5 Å². The largest absolute Gasteiger partial charge is 0.325 e. The molecular formula is C17H15FN2OS. The van der Waals surface area contributed by atoms with Crippen LogP contribution >= 0.6 is 11.8 Å². The Bertz CT molecular complexity index is 695. The molecule has 0 fully saturated rings. The van der Waals surface area contributed by atoms with E-state index in [9.17, 15) is 9.18 Å². The van der Waals surface area contributed by atoms with E-state index < -0.39 is 0 Å². The van der Waals surface area contributed by atoms with E-state index in [1.165, 1.54) is 36.0 Å². The number of carbonyl (C=O) groups excluding carboxylic acids is 1. The molecule has 0 aliphatic rings. The van der Waals surface area contributed by atoms with E-state index in [4.69, 9.17) is 5.26 Å². The quantitative estimate of drug-likeness (QED) is 0.909. The monoisotopic (exact) mass is 314 g/mol. The zero-order chi connectivity index (χ0) is 15.9. The second-order valence-corrected chi connectivity index (χ2v) is 6.05. The summed E-state index contributed by atoms with van der Waals surface area (Å²) in [6, 6.07) is 15.1. The number of anilines is 1. The third kappa shape index (κ3) is 4.34. The first-order chi connectivity index (χ1) is 10.6. The number of amides is 1. The average Bonchev–Trinajstić information content (AvgIpc) is 2.54. The minimum Gasteiger partial charge on any atom is -0.325 e. The van der Waals surface area contributed by atoms with Crippen molar-refractivity contribution < 1.29 is 9.18 Å². The summed E-state index contributed by atoms with van der Waals surface area (Å²) in [7, 11) is 0. The molecule has 2 aromatic carbocycles. The number of thioether (sulfide) groups is 1. The van der Waals surface area contributed by atoms with Gasteiger partial charge in [0.1, 0.15) is 5.82 Å². The fourth-order valence-corrected chi connectivity index (χ4v) is 2.71. The van der Waals surface area contributed by atoms with E-state index in [-0.39, 0.29) is 17.0 Å². The summed E-state index contributed by atoms with van der Waals surface area (Å²) in [6.07, 6.45) is 0. The number of benzene rings is 2. The topological polar surface area (TPSA) is 52.9 Å². The van der Waals surface area contributed by atoms with Gasteiger partial charge in [-0.15, -0.1) is 11.8 Å². The maximum absolute atomic E-state index is 12.8. The molecule has 1 unspecified atom stereocenters. The van der Waals surface area contributed by atoms with Crippen molar-refractivity contribution in [3.05, 3.63) is 65.5 Å². The van der Waals surface area contributed by atoms with E-state index in [0.717, 1.165) is 5.56 Å². The molecule has 0 aliphatic heterocycles. The number of carbonyl (C=O) groups is 1. The summed E-state index contributed by atoms with van der Waals surface area (Å²) < 4.78 is 12.8. The van der Waals surface area contributed by atoms with Crippen molar-refractivity contribution in [2.45, 2.75) is 17.9 Å². The van der Waals surface area contributed by atoms with Crippen LogP contribution in [-0.2, 0) is 10.5 Å². The Morgan fingerprint density at radius 2 is 1.95 bits per heavy atom. The standard InChI is InChI=1S/C17H15FN2OS/c1-12(17(21)20-16-8-6-15(18)7-9-16)22-11-14-5-3-2-4-13(14)10-19/h2-9,12H,11H2,1H3,(H,20,21). The predicted molar refractivity (Wildman–Crippen MR) is 86.9 cm³/mol. The van der Waals surface area contributed by atoms with Crippen LogP contribution in [0.5, 0.6) is 0 Å². The Morgan fingerprint density at radius 3 is 2.64 bits per heavy atom. The number of halogens is 1. The number of nitrogens with zero attached hydrogens (tertiary/aromatic N) is 1. The van der Waals surface area contributed by atoms with Crippen molar-refractivity contribution >= 4 is 23.4 Å². The highest BCUT2D eigenvalue weighted by Crippen LogP contribution is 2.21. The Hall–Kier alpha value is -2.32. The first kappa shape index (κ1) is 16.1. The summed E-state index contributed by atoms with van der Waals surface area (Å²) in [5, 5.41) is 11.5. The zero-order valence-corrected chi connectivity index (χ0v) is 12.9. The third-order valence-electron chi connectivity index (χ3n) is 3.11. The highest BCUT2D eigenvalue weighted by molar-refractivity contribution is 7.99. The van der Waals surface area contributed by atoms with Crippen LogP contribution in [0.25, 0.3) is 0 Å². The van der Waals surface area contributed by atoms with Crippen LogP contribution in [0.1, 0.15) is 18.1 Å². The maximum atomic E-state index is 12.8. The molecule has 1 atom stereocenters. The maximum Gasteiger partial charge on any atom is 0.237 e. The molecule has 0 radical (unpaired) electrons. The van der Waals surface area contributed by atoms with Crippen LogP contribution in [-0.4, -0.2) is 11.2 Å². The van der Waals surface area contributed by atoms with Crippen molar-refractivity contribution in [1.29, 1.82) is 5.26 Å². The molecule has 0 saturated heterocycles. The molecule has 0 aliphatic carbocycles. The van der Waals surface area contributed by atoms with Crippen LogP contribution in [0.3, 0.4) is 0 Å². The predicted octanol–water partition coefficient (Wildman–Crippen LogP) is 3.96. The highest BCUT2D eigenvalue weighted by atomic mass is 32.2. The Morgan fingerprint density at radius 1 is 1.27 bits per heavy atom. The van der Waals surface area contributed by atoms with Gasteiger partial charge in [0.15, 0.2) is 0 Å². The van der Waals surface area contributed by atoms with E-state index >= 15 is 0 Å². The molecule has 0 spiro atoms. The molecular weight excluding hydrogens is 299 g/mol. The van der Waals surface area contributed by atoms with E-state index in [0.29, 0.717) is 17.0 Å². The molecule has 5 heteroatoms. The van der Waals surface area contributed by atoms with Crippen molar-refractivity contribution in [3.63, 3.8) is 0 Å². The van der Waals surface area contributed by atoms with Gasteiger partial charge in [0.05, 0.1) is 16.9 Å². The minimum absolute atomic E-state index is 0.147. The van der Waals surface area contributed by atoms with Gasteiger partial charge in [0.25, 0.3) is 0 Å². The molecule has 0 heterocycles. The van der Waals surface area contributed by atoms with E-state index in [1.54, 1.807) is 13.0 Å². The Balaban J connectivity index is 1.91. The van der Waals surface area contributed by atoms with Gasteiger partial charge in [-0.25, -0.2) is 4.39 Å². The summed E-state index contributed by atoms with van der Waals surface area (Å²) in [5.74, 6) is 0.0986. The normalized spacial score (nSPS) is 11.5. The molecule has 1 N–H and O–H groups in total. The second kappa shape index (κ2) is 7.62. The number of nitrogens with one attached hydrogen (secondary N) is 1. The number of nitriles is 1. The van der Waals surface area contributed by atoms with Crippen LogP contribution in [0, 0.1) is 17.1 Å². The summed E-state index contributed by atoms with van der Waals surface area (Å²) in [5.41, 5.74) is 2.11. The van der Waals surface area contributed by atoms with E-state index in [2.05, 4.69) is 11.4 Å². The van der Waals surface area contributed by atoms with Gasteiger partial charge >= 0.3 is 0 Å². The van der Waals surface area contributed by atoms with Crippen molar-refractivity contribution in [2.24, 2.45) is 0 Å². The van der Waals surface area contributed by atoms with Crippen molar-refractivity contribution in [2.75, 3.05) is 5.32 Å². The summed E-state index contributed by atoms with van der Waals surface area (Å²) in [4.78, 5) is 12.1. The first-order valence-corrected chi connectivity index (χ1v) is 7.81. The first-order valence-electron chi connectivity index (χ1n) is 6.76. The fraction of sp³-hybridized carbons (Fsp3) is 0.176. The van der Waals surface area contributed by atoms with Crippen LogP contribution in [0.2, 0.25) is 0 Å². The summed E-state index contributed by atoms with van der Waals surface area (Å²) >= 11 is 1.45. The molecule has 0 saturated carbocycles. The van der Waals surface area contributed by atoms with Gasteiger partial charge in [-0.3, -0.25) is 4.79 Å². The second-order valence-electron chi connectivity index (χ2n) is 4.72. The molecule has 0 bridgehead atoms. The van der Waals surface area contributed by atoms with Gasteiger partial charge in [-0.2, -0.15) is 5.26 Å². The summed E-state index contributed by atoms with van der Waals surface area (Å²) in [6.45, 7) is 1.80. The van der Waals surface area contributed by atoms with Crippen molar-refractivity contribution in [1.82, 2.24) is 0 Å². The van der Waals surface area contributed by atoms with Gasteiger partial charge in [-0.1, -0.05) is 18.2 Å². The molecule has 1 amide bonds. The number of hydrogen-bond donors (Lipinski definition) is 1. The van der Waals surface area contributed by atoms with E-state index in [1.807, 2.05) is 18.2 Å². The van der Waals surface area contributed by atoms with Crippen molar-refractivity contribution in [3.8, 4) is 6.07 Å². The van der Waals surface area contributed by atoms with Gasteiger partial charge in [0.2, 0.25) is 5.91 Å². The fourth-order valence-electron chi connectivity index (χ4n) is 1.82. The zero-order valence-electron chi connectivity index (χ0n) is 12.0. The smallest absolute Gasteiger partial charge is 0.237 e. The lowest BCUT2D eigenvalue weighted by Gasteiger charge is -2.12. The number of rotatable bonds is 5. The number of hydrogen-bond acceptors (Lipinski definition) is 3. The lowest BCUT2D eigenvalue weighted by molar-refractivity contribution is -0.115. The highest BCUT2D eigenvalue weighted by Gasteiger charge is 2.14. The molecule has 3 nitrogen and oxygen atoms in total. The Labute approximate surface area is 133 Å². The SMILES string of the molecule is CC(SCc1ccccc1C#N)C(=O)Nc1ccc(F)cc1. The van der Waals surface area contributed by atoms with Gasteiger partial charge < -0.3 is 5.32 Å². The lowest BCUT2D eigenvalue weighted by atomic mass is 10.1. The van der Waals surface area contributed by atoms with Crippen LogP contribution in [0.4, 0.5) is 10.1 Å². The molecule has 2 aromatic rings. The third-order valence-corrected chi connectivity index (χ3v) is 4.30. The molecule has 112 valence electrons. The van der Waals surface area contributed by atoms with Gasteiger partial charge in [-0.05, 0) is 42.8 Å².